The number of aliphatic hydroxyl groups excluding tert-OH is 1. The zero-order valence-corrected chi connectivity index (χ0v) is 21.4. The molecule has 0 spiro atoms. The van der Waals surface area contributed by atoms with Crippen LogP contribution in [0.3, 0.4) is 0 Å². The van der Waals surface area contributed by atoms with Gasteiger partial charge in [0.2, 0.25) is 5.95 Å². The molecule has 2 aromatic carbocycles. The number of anilines is 2. The molecule has 3 aromatic heterocycles. The van der Waals surface area contributed by atoms with Gasteiger partial charge in [-0.15, -0.1) is 0 Å². The molecule has 0 bridgehead atoms. The SMILES string of the molecule is OC(c1ccc(F)cc1)c1cnc(N2CCN(c3ncnn4cc(-c5ccc(C6CC6)cc5)cc34)CC2)nc1. The van der Waals surface area contributed by atoms with Gasteiger partial charge in [-0.2, -0.15) is 5.10 Å². The van der Waals surface area contributed by atoms with E-state index in [1.807, 2.05) is 4.52 Å². The van der Waals surface area contributed by atoms with Crippen molar-refractivity contribution < 1.29 is 9.50 Å². The quantitative estimate of drug-likeness (QED) is 0.349. The molecule has 4 heterocycles. The molecule has 0 amide bonds. The molecule has 0 radical (unpaired) electrons. The van der Waals surface area contributed by atoms with Crippen LogP contribution in [0.25, 0.3) is 16.6 Å². The van der Waals surface area contributed by atoms with E-state index < -0.39 is 6.10 Å². The summed E-state index contributed by atoms with van der Waals surface area (Å²) in [6.45, 7) is 3.03. The zero-order chi connectivity index (χ0) is 26.3. The highest BCUT2D eigenvalue weighted by Crippen LogP contribution is 2.40. The Balaban J connectivity index is 1.04. The van der Waals surface area contributed by atoms with Crippen LogP contribution < -0.4 is 9.80 Å². The molecule has 5 aromatic rings. The highest BCUT2D eigenvalue weighted by Gasteiger charge is 2.24. The number of hydrogen-bond donors (Lipinski definition) is 1. The van der Waals surface area contributed by atoms with E-state index in [0.29, 0.717) is 17.1 Å². The topological polar surface area (TPSA) is 82.7 Å². The van der Waals surface area contributed by atoms with Crippen LogP contribution in [-0.4, -0.2) is 55.9 Å². The molecule has 7 rings (SSSR count). The second kappa shape index (κ2) is 9.74. The van der Waals surface area contributed by atoms with E-state index in [2.05, 4.69) is 66.4 Å². The van der Waals surface area contributed by atoms with Crippen LogP contribution >= 0.6 is 0 Å². The number of benzene rings is 2. The normalized spacial score (nSPS) is 16.6. The van der Waals surface area contributed by atoms with Crippen LogP contribution in [0.1, 0.15) is 41.6 Å². The molecule has 1 saturated carbocycles. The Morgan fingerprint density at radius 2 is 1.49 bits per heavy atom. The fourth-order valence-corrected chi connectivity index (χ4v) is 5.27. The van der Waals surface area contributed by atoms with Gasteiger partial charge in [-0.05, 0) is 53.6 Å². The molecule has 1 N–H and O–H groups in total. The number of nitrogens with zero attached hydrogens (tertiary/aromatic N) is 7. The average Bonchev–Trinajstić information content (AvgIpc) is 3.75. The minimum absolute atomic E-state index is 0.338. The van der Waals surface area contributed by atoms with Gasteiger partial charge in [-0.1, -0.05) is 36.4 Å². The van der Waals surface area contributed by atoms with Crippen LogP contribution in [0.15, 0.2) is 79.5 Å². The van der Waals surface area contributed by atoms with Gasteiger partial charge >= 0.3 is 0 Å². The molecule has 8 nitrogen and oxygen atoms in total. The smallest absolute Gasteiger partial charge is 0.225 e. The minimum Gasteiger partial charge on any atom is -0.384 e. The number of rotatable bonds is 6. The molecule has 1 unspecified atom stereocenters. The highest BCUT2D eigenvalue weighted by molar-refractivity contribution is 5.78. The number of halogens is 1. The van der Waals surface area contributed by atoms with Crippen molar-refractivity contribution >= 4 is 17.3 Å². The molecule has 9 heteroatoms. The summed E-state index contributed by atoms with van der Waals surface area (Å²) in [5.41, 5.74) is 5.91. The van der Waals surface area contributed by atoms with Gasteiger partial charge in [0.05, 0.1) is 0 Å². The van der Waals surface area contributed by atoms with Crippen molar-refractivity contribution in [3.63, 3.8) is 0 Å². The molecule has 39 heavy (non-hydrogen) atoms. The van der Waals surface area contributed by atoms with Gasteiger partial charge in [-0.3, -0.25) is 0 Å². The molecule has 2 aliphatic rings. The van der Waals surface area contributed by atoms with Crippen molar-refractivity contribution in [2.24, 2.45) is 0 Å². The maximum Gasteiger partial charge on any atom is 0.225 e. The standard InChI is InChI=1S/C30H28FN7O/c31-26-9-7-23(8-10-26)28(39)25-16-32-30(33-17-25)37-13-11-36(12-14-37)29-27-15-24(18-38(27)35-19-34-29)22-5-3-21(4-6-22)20-1-2-20/h3-10,15-20,28,39H,1-2,11-14H2. The third-order valence-corrected chi connectivity index (χ3v) is 7.70. The van der Waals surface area contributed by atoms with Crippen molar-refractivity contribution in [2.75, 3.05) is 36.0 Å². The summed E-state index contributed by atoms with van der Waals surface area (Å²) in [4.78, 5) is 18.1. The maximum absolute atomic E-state index is 13.2. The Morgan fingerprint density at radius 1 is 0.795 bits per heavy atom. The van der Waals surface area contributed by atoms with E-state index in [9.17, 15) is 9.50 Å². The fourth-order valence-electron chi connectivity index (χ4n) is 5.27. The molecular formula is C30H28FN7O. The molecule has 196 valence electrons. The summed E-state index contributed by atoms with van der Waals surface area (Å²) < 4.78 is 15.1. The molecule has 1 aliphatic carbocycles. The van der Waals surface area contributed by atoms with Gasteiger partial charge < -0.3 is 14.9 Å². The van der Waals surface area contributed by atoms with E-state index in [1.165, 1.54) is 36.1 Å². The summed E-state index contributed by atoms with van der Waals surface area (Å²) in [7, 11) is 0. The first-order valence-electron chi connectivity index (χ1n) is 13.3. The van der Waals surface area contributed by atoms with Crippen molar-refractivity contribution in [3.8, 4) is 11.1 Å². The summed E-state index contributed by atoms with van der Waals surface area (Å²) >= 11 is 0. The Bertz CT molecular complexity index is 1590. The summed E-state index contributed by atoms with van der Waals surface area (Å²) in [6.07, 6.45) is 8.66. The largest absolute Gasteiger partial charge is 0.384 e. The van der Waals surface area contributed by atoms with Gasteiger partial charge in [0.25, 0.3) is 0 Å². The Labute approximate surface area is 225 Å². The third-order valence-electron chi connectivity index (χ3n) is 7.70. The third kappa shape index (κ3) is 4.70. The van der Waals surface area contributed by atoms with Gasteiger partial charge in [0, 0.05) is 55.9 Å². The predicted molar refractivity (Wildman–Crippen MR) is 147 cm³/mol. The van der Waals surface area contributed by atoms with Crippen LogP contribution in [0.5, 0.6) is 0 Å². The van der Waals surface area contributed by atoms with E-state index in [0.717, 1.165) is 49.0 Å². The lowest BCUT2D eigenvalue weighted by Gasteiger charge is -2.35. The Hall–Kier alpha value is -4.37. The lowest BCUT2D eigenvalue weighted by Crippen LogP contribution is -2.47. The monoisotopic (exact) mass is 521 g/mol. The molecule has 1 saturated heterocycles. The number of piperazine rings is 1. The number of hydrogen-bond acceptors (Lipinski definition) is 7. The summed E-state index contributed by atoms with van der Waals surface area (Å²) in [5, 5.41) is 15.1. The summed E-state index contributed by atoms with van der Waals surface area (Å²) in [5.74, 6) is 1.95. The predicted octanol–water partition coefficient (Wildman–Crippen LogP) is 4.61. The second-order valence-electron chi connectivity index (χ2n) is 10.3. The number of aromatic nitrogens is 5. The maximum atomic E-state index is 13.2. The minimum atomic E-state index is -0.903. The first-order chi connectivity index (χ1) is 19.1. The van der Waals surface area contributed by atoms with E-state index >= 15 is 0 Å². The number of aliphatic hydroxyl groups is 1. The first kappa shape index (κ1) is 23.7. The van der Waals surface area contributed by atoms with E-state index in [-0.39, 0.29) is 5.82 Å². The zero-order valence-electron chi connectivity index (χ0n) is 21.4. The van der Waals surface area contributed by atoms with Crippen molar-refractivity contribution in [1.29, 1.82) is 0 Å². The molecule has 1 aliphatic heterocycles. The lowest BCUT2D eigenvalue weighted by atomic mass is 10.0. The van der Waals surface area contributed by atoms with E-state index in [4.69, 9.17) is 0 Å². The Morgan fingerprint density at radius 3 is 2.18 bits per heavy atom. The number of fused-ring (bicyclic) bond motifs is 1. The average molecular weight is 522 g/mol. The lowest BCUT2D eigenvalue weighted by molar-refractivity contribution is 0.219. The van der Waals surface area contributed by atoms with Crippen molar-refractivity contribution in [2.45, 2.75) is 24.9 Å². The van der Waals surface area contributed by atoms with Crippen LogP contribution in [0.4, 0.5) is 16.2 Å². The van der Waals surface area contributed by atoms with Crippen LogP contribution in [0, 0.1) is 5.82 Å². The van der Waals surface area contributed by atoms with Crippen LogP contribution in [0.2, 0.25) is 0 Å². The molecular weight excluding hydrogens is 493 g/mol. The van der Waals surface area contributed by atoms with Crippen LogP contribution in [-0.2, 0) is 0 Å². The highest BCUT2D eigenvalue weighted by atomic mass is 19.1. The molecule has 2 fully saturated rings. The van der Waals surface area contributed by atoms with Gasteiger partial charge in [0.15, 0.2) is 5.82 Å². The first-order valence-corrected chi connectivity index (χ1v) is 13.3. The molecule has 1 atom stereocenters. The second-order valence-corrected chi connectivity index (χ2v) is 10.3. The van der Waals surface area contributed by atoms with Crippen molar-refractivity contribution in [3.05, 3.63) is 102 Å². The Kier molecular flexibility index (Phi) is 5.93. The van der Waals surface area contributed by atoms with Gasteiger partial charge in [0.1, 0.15) is 23.8 Å². The fraction of sp³-hybridized carbons (Fsp3) is 0.267. The van der Waals surface area contributed by atoms with E-state index in [1.54, 1.807) is 30.9 Å². The van der Waals surface area contributed by atoms with Crippen molar-refractivity contribution in [1.82, 2.24) is 24.6 Å². The summed E-state index contributed by atoms with van der Waals surface area (Å²) in [6, 6.07) is 16.9. The van der Waals surface area contributed by atoms with Gasteiger partial charge in [-0.25, -0.2) is 23.9 Å².